The third-order valence-electron chi connectivity index (χ3n) is 2.92. The Bertz CT molecular complexity index is 768. The van der Waals surface area contributed by atoms with Crippen LogP contribution in [0, 0.1) is 10.1 Å². The number of nitro groups is 1. The van der Waals surface area contributed by atoms with Crippen molar-refractivity contribution in [3.05, 3.63) is 74.8 Å². The Kier molecular flexibility index (Phi) is 6.77. The highest BCUT2D eigenvalue weighted by Gasteiger charge is 2.10. The van der Waals surface area contributed by atoms with Crippen molar-refractivity contribution in [1.29, 1.82) is 0 Å². The number of nitro benzene ring substituents is 1. The van der Waals surface area contributed by atoms with Crippen molar-refractivity contribution in [3.8, 4) is 0 Å². The van der Waals surface area contributed by atoms with E-state index in [1.165, 1.54) is 24.0 Å². The summed E-state index contributed by atoms with van der Waals surface area (Å²) in [4.78, 5) is 22.1. The smallest absolute Gasteiger partial charge is 0.272 e. The number of benzene rings is 2. The van der Waals surface area contributed by atoms with Crippen LogP contribution >= 0.6 is 23.4 Å². The van der Waals surface area contributed by atoms with E-state index in [-0.39, 0.29) is 17.3 Å². The average Bonchev–Trinajstić information content (AvgIpc) is 2.55. The van der Waals surface area contributed by atoms with E-state index in [1.807, 2.05) is 18.2 Å². The third kappa shape index (κ3) is 5.68. The molecule has 6 nitrogen and oxygen atoms in total. The highest BCUT2D eigenvalue weighted by molar-refractivity contribution is 7.99. The van der Waals surface area contributed by atoms with Gasteiger partial charge in [0, 0.05) is 16.8 Å². The summed E-state index contributed by atoms with van der Waals surface area (Å²) in [6.07, 6.45) is 1.26. The molecule has 0 fully saturated rings. The number of thioether (sulfide) groups is 1. The van der Waals surface area contributed by atoms with E-state index in [2.05, 4.69) is 10.5 Å². The van der Waals surface area contributed by atoms with Gasteiger partial charge < -0.3 is 0 Å². The summed E-state index contributed by atoms with van der Waals surface area (Å²) in [7, 11) is 0. The summed E-state index contributed by atoms with van der Waals surface area (Å²) in [6, 6.07) is 13.6. The molecule has 2 aromatic rings. The van der Waals surface area contributed by atoms with Gasteiger partial charge in [0.25, 0.3) is 5.69 Å². The van der Waals surface area contributed by atoms with Crippen LogP contribution in [0.5, 0.6) is 0 Å². The molecule has 8 heteroatoms. The molecule has 0 unspecified atom stereocenters. The van der Waals surface area contributed by atoms with Gasteiger partial charge in [0.2, 0.25) is 5.91 Å². The molecule has 0 heterocycles. The maximum absolute atomic E-state index is 11.7. The van der Waals surface area contributed by atoms with Gasteiger partial charge in [-0.1, -0.05) is 35.9 Å². The molecule has 0 bridgehead atoms. The zero-order valence-electron chi connectivity index (χ0n) is 12.5. The predicted octanol–water partition coefficient (Wildman–Crippen LogP) is 3.63. The average molecular weight is 364 g/mol. The molecule has 0 saturated heterocycles. The monoisotopic (exact) mass is 363 g/mol. The van der Waals surface area contributed by atoms with E-state index in [4.69, 9.17) is 11.6 Å². The molecule has 1 amide bonds. The second-order valence-electron chi connectivity index (χ2n) is 4.73. The minimum atomic E-state index is -0.496. The Morgan fingerprint density at radius 2 is 2.08 bits per heavy atom. The second kappa shape index (κ2) is 9.05. The van der Waals surface area contributed by atoms with Gasteiger partial charge in [-0.15, -0.1) is 11.8 Å². The first kappa shape index (κ1) is 18.0. The summed E-state index contributed by atoms with van der Waals surface area (Å²) < 4.78 is 0. The summed E-state index contributed by atoms with van der Waals surface area (Å²) in [5.74, 6) is 0.597. The molecular formula is C16H14ClN3O3S. The Morgan fingerprint density at radius 3 is 2.83 bits per heavy atom. The van der Waals surface area contributed by atoms with Gasteiger partial charge in [0.1, 0.15) is 0 Å². The van der Waals surface area contributed by atoms with Crippen LogP contribution in [0.15, 0.2) is 53.6 Å². The van der Waals surface area contributed by atoms with E-state index < -0.39 is 4.92 Å². The topological polar surface area (TPSA) is 84.6 Å². The lowest BCUT2D eigenvalue weighted by Gasteiger charge is -2.02. The number of carbonyl (C=O) groups excluding carboxylic acids is 1. The van der Waals surface area contributed by atoms with Crippen molar-refractivity contribution < 1.29 is 9.72 Å². The van der Waals surface area contributed by atoms with E-state index in [1.54, 1.807) is 24.3 Å². The number of nitrogens with one attached hydrogen (secondary N) is 1. The highest BCUT2D eigenvalue weighted by Crippen LogP contribution is 2.17. The van der Waals surface area contributed by atoms with Gasteiger partial charge >= 0.3 is 0 Å². The predicted molar refractivity (Wildman–Crippen MR) is 96.4 cm³/mol. The molecule has 0 saturated carbocycles. The van der Waals surface area contributed by atoms with E-state index >= 15 is 0 Å². The number of rotatable bonds is 7. The molecule has 0 atom stereocenters. The van der Waals surface area contributed by atoms with Gasteiger partial charge in [-0.05, 0) is 23.8 Å². The second-order valence-corrected chi connectivity index (χ2v) is 6.15. The van der Waals surface area contributed by atoms with E-state index in [0.29, 0.717) is 16.3 Å². The number of hydrogen-bond donors (Lipinski definition) is 1. The molecule has 2 rings (SSSR count). The zero-order chi connectivity index (χ0) is 17.4. The van der Waals surface area contributed by atoms with Crippen LogP contribution in [-0.4, -0.2) is 22.8 Å². The van der Waals surface area contributed by atoms with Gasteiger partial charge in [-0.3, -0.25) is 14.9 Å². The molecule has 24 heavy (non-hydrogen) atoms. The Balaban J connectivity index is 1.80. The van der Waals surface area contributed by atoms with E-state index in [0.717, 1.165) is 5.56 Å². The van der Waals surface area contributed by atoms with Crippen molar-refractivity contribution in [2.75, 3.05) is 5.75 Å². The number of hydrogen-bond acceptors (Lipinski definition) is 5. The molecule has 124 valence electrons. The van der Waals surface area contributed by atoms with Crippen molar-refractivity contribution in [1.82, 2.24) is 5.43 Å². The van der Waals surface area contributed by atoms with Crippen molar-refractivity contribution in [3.63, 3.8) is 0 Å². The molecule has 0 aliphatic rings. The number of carbonyl (C=O) groups is 1. The summed E-state index contributed by atoms with van der Waals surface area (Å²) in [5.41, 5.74) is 3.65. The Morgan fingerprint density at radius 1 is 1.29 bits per heavy atom. The van der Waals surface area contributed by atoms with Crippen LogP contribution in [0.1, 0.15) is 11.1 Å². The quantitative estimate of drug-likeness (QED) is 0.462. The number of nitrogens with zero attached hydrogens (tertiary/aromatic N) is 2. The fraction of sp³-hybridized carbons (Fsp3) is 0.125. The number of hydrazone groups is 1. The molecule has 1 N–H and O–H groups in total. The molecule has 0 aromatic heterocycles. The molecule has 0 aliphatic carbocycles. The fourth-order valence-electron chi connectivity index (χ4n) is 1.86. The summed E-state index contributed by atoms with van der Waals surface area (Å²) >= 11 is 7.32. The highest BCUT2D eigenvalue weighted by atomic mass is 35.5. The van der Waals surface area contributed by atoms with Gasteiger partial charge in [-0.25, -0.2) is 5.43 Å². The van der Waals surface area contributed by atoms with Crippen molar-refractivity contribution in [2.45, 2.75) is 5.75 Å². The summed E-state index contributed by atoms with van der Waals surface area (Å²) in [5, 5.41) is 15.3. The first-order chi connectivity index (χ1) is 11.6. The summed E-state index contributed by atoms with van der Waals surface area (Å²) in [6.45, 7) is 0. The number of para-hydroxylation sites is 1. The van der Waals surface area contributed by atoms with Crippen molar-refractivity contribution in [2.24, 2.45) is 5.10 Å². The zero-order valence-corrected chi connectivity index (χ0v) is 14.1. The first-order valence-corrected chi connectivity index (χ1v) is 8.47. The fourth-order valence-corrected chi connectivity index (χ4v) is 2.84. The van der Waals surface area contributed by atoms with E-state index in [9.17, 15) is 14.9 Å². The lowest BCUT2D eigenvalue weighted by molar-refractivity contribution is -0.385. The Labute approximate surface area is 148 Å². The maximum atomic E-state index is 11.7. The van der Waals surface area contributed by atoms with Crippen LogP contribution in [-0.2, 0) is 10.5 Å². The van der Waals surface area contributed by atoms with Gasteiger partial charge in [0.15, 0.2) is 0 Å². The maximum Gasteiger partial charge on any atom is 0.278 e. The van der Waals surface area contributed by atoms with Crippen LogP contribution in [0.4, 0.5) is 5.69 Å². The molecule has 2 aromatic carbocycles. The van der Waals surface area contributed by atoms with Crippen LogP contribution in [0.3, 0.4) is 0 Å². The minimum Gasteiger partial charge on any atom is -0.272 e. The van der Waals surface area contributed by atoms with Crippen molar-refractivity contribution >= 4 is 41.2 Å². The lowest BCUT2D eigenvalue weighted by Crippen LogP contribution is -2.19. The standard InChI is InChI=1S/C16H14ClN3O3S/c17-14-6-3-4-12(8-14)10-24-11-16(21)19-18-9-13-5-1-2-7-15(13)20(22)23/h1-9H,10-11H2,(H,19,21)/b18-9-. The number of amides is 1. The largest absolute Gasteiger partial charge is 0.278 e. The molecular weight excluding hydrogens is 350 g/mol. The van der Waals surface area contributed by atoms with Crippen LogP contribution in [0.2, 0.25) is 5.02 Å². The van der Waals surface area contributed by atoms with Crippen LogP contribution < -0.4 is 5.43 Å². The molecule has 0 radical (unpaired) electrons. The molecule has 0 spiro atoms. The van der Waals surface area contributed by atoms with Gasteiger partial charge in [0.05, 0.1) is 22.5 Å². The van der Waals surface area contributed by atoms with Crippen LogP contribution in [0.25, 0.3) is 0 Å². The number of halogens is 1. The SMILES string of the molecule is O=C(CSCc1cccc(Cl)c1)N/N=C\c1ccccc1[N+](=O)[O-]. The third-order valence-corrected chi connectivity index (χ3v) is 4.16. The first-order valence-electron chi connectivity index (χ1n) is 6.94. The Hall–Kier alpha value is -2.38. The lowest BCUT2D eigenvalue weighted by atomic mass is 10.2. The van der Waals surface area contributed by atoms with Gasteiger partial charge in [-0.2, -0.15) is 5.10 Å². The minimum absolute atomic E-state index is 0.0640. The normalized spacial score (nSPS) is 10.7. The molecule has 0 aliphatic heterocycles.